The summed E-state index contributed by atoms with van der Waals surface area (Å²) in [5, 5.41) is 2.51. The molecule has 0 saturated carbocycles. The number of hydrogen-bond donors (Lipinski definition) is 2. The van der Waals surface area contributed by atoms with E-state index in [4.69, 9.17) is 10.5 Å². The maximum absolute atomic E-state index is 14.4. The van der Waals surface area contributed by atoms with Gasteiger partial charge in [-0.25, -0.2) is 26.3 Å². The molecule has 1 aliphatic rings. The van der Waals surface area contributed by atoms with Crippen molar-refractivity contribution >= 4 is 40.1 Å². The van der Waals surface area contributed by atoms with Gasteiger partial charge in [0, 0.05) is 52.4 Å². The summed E-state index contributed by atoms with van der Waals surface area (Å²) in [4.78, 5) is 28.9. The van der Waals surface area contributed by atoms with Crippen molar-refractivity contribution < 1.29 is 31.5 Å². The molecule has 0 aliphatic carbocycles. The molecular formula is C32H40ClF2N5O5S. The van der Waals surface area contributed by atoms with E-state index in [-0.39, 0.29) is 29.0 Å². The number of hydrogen-bond acceptors (Lipinski definition) is 6. The minimum atomic E-state index is -3.51. The zero-order valence-corrected chi connectivity index (χ0v) is 27.7. The summed E-state index contributed by atoms with van der Waals surface area (Å²) < 4.78 is 59.9. The van der Waals surface area contributed by atoms with Crippen LogP contribution in [0.15, 0.2) is 65.6 Å². The Kier molecular flexibility index (Phi) is 12.9. The maximum Gasteiger partial charge on any atom is 0.322 e. The summed E-state index contributed by atoms with van der Waals surface area (Å²) in [5.74, 6) is -1.97. The maximum atomic E-state index is 14.4. The standard InChI is InChI=1S/C32H39F2N5O5S.ClH/c1-4-5-16-39(32(41)36-30-19-27(31(35)40)28(33)20-29(30)34)23-14-17-38(18-15-23)21-22-6-8-24(9-7-22)44-25-10-12-26(13-11-25)45(42,43)37(2)3;/h6-13,19-20,23H,4-5,14-18,21H2,1-3H3,(H2,35,40)(H,36,41);1H. The van der Waals surface area contributed by atoms with E-state index < -0.39 is 39.2 Å². The van der Waals surface area contributed by atoms with Gasteiger partial charge < -0.3 is 20.7 Å². The van der Waals surface area contributed by atoms with Crippen LogP contribution in [0, 0.1) is 11.6 Å². The number of benzene rings is 3. The summed E-state index contributed by atoms with van der Waals surface area (Å²) in [6.45, 7) is 4.70. The number of nitrogens with zero attached hydrogens (tertiary/aromatic N) is 3. The van der Waals surface area contributed by atoms with Crippen molar-refractivity contribution in [2.75, 3.05) is 39.0 Å². The second kappa shape index (κ2) is 16.2. The number of nitrogens with one attached hydrogen (secondary N) is 1. The number of piperidine rings is 1. The first-order chi connectivity index (χ1) is 21.4. The molecule has 1 heterocycles. The van der Waals surface area contributed by atoms with E-state index in [1.165, 1.54) is 26.2 Å². The number of likely N-dealkylation sites (tertiary alicyclic amines) is 1. The average Bonchev–Trinajstić information content (AvgIpc) is 3.00. The van der Waals surface area contributed by atoms with E-state index >= 15 is 0 Å². The molecule has 3 aromatic carbocycles. The van der Waals surface area contributed by atoms with Crippen molar-refractivity contribution in [3.8, 4) is 11.5 Å². The van der Waals surface area contributed by atoms with Crippen LogP contribution in [0.3, 0.4) is 0 Å². The largest absolute Gasteiger partial charge is 0.457 e. The number of carbonyl (C=O) groups is 2. The molecule has 0 atom stereocenters. The normalized spacial score (nSPS) is 14.0. The number of anilines is 1. The molecule has 3 aromatic rings. The lowest BCUT2D eigenvalue weighted by atomic mass is 10.0. The van der Waals surface area contributed by atoms with Crippen molar-refractivity contribution in [2.45, 2.75) is 50.1 Å². The number of carbonyl (C=O) groups excluding carboxylic acids is 2. The zero-order valence-electron chi connectivity index (χ0n) is 26.0. The molecule has 14 heteroatoms. The lowest BCUT2D eigenvalue weighted by molar-refractivity contribution is 0.0996. The lowest BCUT2D eigenvalue weighted by Gasteiger charge is -2.38. The summed E-state index contributed by atoms with van der Waals surface area (Å²) in [7, 11) is -0.548. The number of urea groups is 1. The molecule has 1 aliphatic heterocycles. The van der Waals surface area contributed by atoms with Crippen molar-refractivity contribution in [1.29, 1.82) is 0 Å². The molecule has 3 amide bonds. The van der Waals surface area contributed by atoms with Gasteiger partial charge in [0.2, 0.25) is 10.0 Å². The molecule has 1 fully saturated rings. The van der Waals surface area contributed by atoms with Crippen LogP contribution < -0.4 is 15.8 Å². The summed E-state index contributed by atoms with van der Waals surface area (Å²) in [6, 6.07) is 14.8. The number of primary amides is 1. The number of amides is 3. The third-order valence-corrected chi connectivity index (χ3v) is 9.57. The van der Waals surface area contributed by atoms with Crippen LogP contribution in [0.2, 0.25) is 0 Å². The Morgan fingerprint density at radius 2 is 1.57 bits per heavy atom. The van der Waals surface area contributed by atoms with Gasteiger partial charge in [0.15, 0.2) is 0 Å². The van der Waals surface area contributed by atoms with Gasteiger partial charge in [0.25, 0.3) is 5.91 Å². The third kappa shape index (κ3) is 9.15. The fourth-order valence-electron chi connectivity index (χ4n) is 5.14. The molecular weight excluding hydrogens is 640 g/mol. The van der Waals surface area contributed by atoms with Crippen LogP contribution in [-0.2, 0) is 16.6 Å². The van der Waals surface area contributed by atoms with Crippen molar-refractivity contribution in [3.05, 3.63) is 83.4 Å². The number of nitrogens with two attached hydrogens (primary N) is 1. The Bertz CT molecular complexity index is 1600. The molecule has 0 radical (unpaired) electrons. The first-order valence-electron chi connectivity index (χ1n) is 14.8. The molecule has 1 saturated heterocycles. The molecule has 10 nitrogen and oxygen atoms in total. The van der Waals surface area contributed by atoms with Gasteiger partial charge in [0.1, 0.15) is 23.1 Å². The van der Waals surface area contributed by atoms with E-state index in [1.54, 1.807) is 17.0 Å². The second-order valence-electron chi connectivity index (χ2n) is 11.2. The molecule has 250 valence electrons. The predicted molar refractivity (Wildman–Crippen MR) is 175 cm³/mol. The third-order valence-electron chi connectivity index (χ3n) is 7.74. The second-order valence-corrected chi connectivity index (χ2v) is 13.3. The van der Waals surface area contributed by atoms with E-state index in [9.17, 15) is 26.8 Å². The molecule has 0 spiro atoms. The monoisotopic (exact) mass is 679 g/mol. The zero-order chi connectivity index (χ0) is 32.7. The van der Waals surface area contributed by atoms with Crippen LogP contribution in [0.5, 0.6) is 11.5 Å². The Labute approximate surface area is 274 Å². The summed E-state index contributed by atoms with van der Waals surface area (Å²) >= 11 is 0. The summed E-state index contributed by atoms with van der Waals surface area (Å²) in [5.41, 5.74) is 5.48. The van der Waals surface area contributed by atoms with Crippen LogP contribution >= 0.6 is 12.4 Å². The molecule has 46 heavy (non-hydrogen) atoms. The predicted octanol–water partition coefficient (Wildman–Crippen LogP) is 5.83. The topological polar surface area (TPSA) is 125 Å². The van der Waals surface area contributed by atoms with Gasteiger partial charge in [-0.2, -0.15) is 0 Å². The van der Waals surface area contributed by atoms with Crippen molar-refractivity contribution in [3.63, 3.8) is 0 Å². The number of rotatable bonds is 12. The van der Waals surface area contributed by atoms with E-state index in [0.29, 0.717) is 30.7 Å². The SMILES string of the molecule is CCCCN(C(=O)Nc1cc(C(N)=O)c(F)cc1F)C1CCN(Cc2ccc(Oc3ccc(S(=O)(=O)N(C)C)cc3)cc2)CC1.Cl. The van der Waals surface area contributed by atoms with Crippen LogP contribution in [0.1, 0.15) is 48.5 Å². The van der Waals surface area contributed by atoms with Crippen molar-refractivity contribution in [2.24, 2.45) is 5.73 Å². The van der Waals surface area contributed by atoms with E-state index in [2.05, 4.69) is 10.2 Å². The van der Waals surface area contributed by atoms with Crippen LogP contribution in [-0.4, -0.2) is 74.2 Å². The quantitative estimate of drug-likeness (QED) is 0.248. The molecule has 0 aromatic heterocycles. The lowest BCUT2D eigenvalue weighted by Crippen LogP contribution is -2.49. The van der Waals surface area contributed by atoms with Gasteiger partial charge in [-0.05, 0) is 67.3 Å². The minimum absolute atomic E-state index is 0. The molecule has 0 bridgehead atoms. The van der Waals surface area contributed by atoms with Crippen molar-refractivity contribution in [1.82, 2.24) is 14.1 Å². The Morgan fingerprint density at radius 3 is 2.11 bits per heavy atom. The Balaban J connectivity index is 0.00000576. The minimum Gasteiger partial charge on any atom is -0.457 e. The highest BCUT2D eigenvalue weighted by atomic mass is 35.5. The smallest absolute Gasteiger partial charge is 0.322 e. The number of halogens is 3. The summed E-state index contributed by atoms with van der Waals surface area (Å²) in [6.07, 6.45) is 3.06. The number of sulfonamides is 1. The molecule has 3 N–H and O–H groups in total. The van der Waals surface area contributed by atoms with E-state index in [1.807, 2.05) is 31.2 Å². The van der Waals surface area contributed by atoms with Crippen LogP contribution in [0.25, 0.3) is 0 Å². The highest BCUT2D eigenvalue weighted by molar-refractivity contribution is 7.89. The van der Waals surface area contributed by atoms with Gasteiger partial charge >= 0.3 is 6.03 Å². The van der Waals surface area contributed by atoms with E-state index in [0.717, 1.165) is 54.7 Å². The fourth-order valence-corrected chi connectivity index (χ4v) is 6.04. The average molecular weight is 680 g/mol. The molecule has 4 rings (SSSR count). The highest BCUT2D eigenvalue weighted by Gasteiger charge is 2.29. The first-order valence-corrected chi connectivity index (χ1v) is 16.2. The highest BCUT2D eigenvalue weighted by Crippen LogP contribution is 2.26. The van der Waals surface area contributed by atoms with Crippen LogP contribution in [0.4, 0.5) is 19.3 Å². The Morgan fingerprint density at radius 1 is 0.978 bits per heavy atom. The number of unbranched alkanes of at least 4 members (excludes halogenated alkanes) is 1. The van der Waals surface area contributed by atoms with Gasteiger partial charge in [-0.1, -0.05) is 25.5 Å². The first kappa shape index (κ1) is 36.7. The van der Waals surface area contributed by atoms with Gasteiger partial charge in [0.05, 0.1) is 16.1 Å². The Hall–Kier alpha value is -3.78. The molecule has 0 unspecified atom stereocenters. The number of ether oxygens (including phenoxy) is 1. The van der Waals surface area contributed by atoms with Gasteiger partial charge in [-0.3, -0.25) is 9.69 Å². The fraction of sp³-hybridized carbons (Fsp3) is 0.375. The van der Waals surface area contributed by atoms with Gasteiger partial charge in [-0.15, -0.1) is 12.4 Å².